The Labute approximate surface area is 112 Å². The van der Waals surface area contributed by atoms with Gasteiger partial charge in [-0.1, -0.05) is 12.1 Å². The Morgan fingerprint density at radius 2 is 2.05 bits per heavy atom. The lowest BCUT2D eigenvalue weighted by molar-refractivity contribution is -0.121. The minimum atomic E-state index is -0.997. The van der Waals surface area contributed by atoms with Crippen molar-refractivity contribution >= 4 is 11.9 Å². The minimum Gasteiger partial charge on any atom is -0.478 e. The van der Waals surface area contributed by atoms with E-state index in [-0.39, 0.29) is 30.0 Å². The van der Waals surface area contributed by atoms with Crippen LogP contribution in [0.15, 0.2) is 24.3 Å². The zero-order chi connectivity index (χ0) is 14.4. The molecule has 0 bridgehead atoms. The van der Waals surface area contributed by atoms with Crippen molar-refractivity contribution in [3.63, 3.8) is 0 Å². The molecule has 104 valence electrons. The molecule has 1 aromatic rings. The molecule has 0 radical (unpaired) electrons. The van der Waals surface area contributed by atoms with E-state index in [9.17, 15) is 9.59 Å². The fourth-order valence-electron chi connectivity index (χ4n) is 1.63. The van der Waals surface area contributed by atoms with Crippen LogP contribution in [0.3, 0.4) is 0 Å². The number of hydrogen-bond acceptors (Lipinski definition) is 3. The number of rotatable bonds is 6. The number of amides is 1. The molecule has 0 heterocycles. The normalized spacial score (nSPS) is 13.6. The van der Waals surface area contributed by atoms with Gasteiger partial charge in [-0.15, -0.1) is 0 Å². The van der Waals surface area contributed by atoms with Gasteiger partial charge < -0.3 is 15.2 Å². The number of aromatic carboxylic acids is 1. The SMILES string of the molecule is COC(C)[C@H](C)NC(=O)Cc1cccc(C(=O)O)c1. The van der Waals surface area contributed by atoms with Crippen LogP contribution in [0, 0.1) is 0 Å². The van der Waals surface area contributed by atoms with Crippen LogP contribution in [-0.4, -0.2) is 36.2 Å². The summed E-state index contributed by atoms with van der Waals surface area (Å²) in [7, 11) is 1.59. The second-order valence-corrected chi connectivity index (χ2v) is 4.48. The lowest BCUT2D eigenvalue weighted by Crippen LogP contribution is -2.41. The molecule has 1 amide bonds. The molecule has 19 heavy (non-hydrogen) atoms. The third-order valence-electron chi connectivity index (χ3n) is 3.00. The lowest BCUT2D eigenvalue weighted by atomic mass is 10.1. The van der Waals surface area contributed by atoms with Crippen molar-refractivity contribution in [2.45, 2.75) is 32.4 Å². The molecule has 0 aliphatic heterocycles. The van der Waals surface area contributed by atoms with Crippen molar-refractivity contribution in [3.05, 3.63) is 35.4 Å². The molecule has 5 heteroatoms. The predicted molar refractivity (Wildman–Crippen MR) is 71.2 cm³/mol. The van der Waals surface area contributed by atoms with Crippen LogP contribution >= 0.6 is 0 Å². The number of benzene rings is 1. The zero-order valence-electron chi connectivity index (χ0n) is 11.3. The molecule has 0 fully saturated rings. The van der Waals surface area contributed by atoms with Gasteiger partial charge in [-0.3, -0.25) is 4.79 Å². The maximum atomic E-state index is 11.8. The Balaban J connectivity index is 2.62. The predicted octanol–water partition coefficient (Wildman–Crippen LogP) is 1.47. The average Bonchev–Trinajstić information content (AvgIpc) is 2.37. The zero-order valence-corrected chi connectivity index (χ0v) is 11.3. The van der Waals surface area contributed by atoms with Gasteiger partial charge in [0.1, 0.15) is 0 Å². The lowest BCUT2D eigenvalue weighted by Gasteiger charge is -2.19. The monoisotopic (exact) mass is 265 g/mol. The molecular weight excluding hydrogens is 246 g/mol. The number of carbonyl (C=O) groups excluding carboxylic acids is 1. The highest BCUT2D eigenvalue weighted by Gasteiger charge is 2.14. The van der Waals surface area contributed by atoms with Gasteiger partial charge >= 0.3 is 5.97 Å². The quantitative estimate of drug-likeness (QED) is 0.816. The molecule has 1 rings (SSSR count). The minimum absolute atomic E-state index is 0.0747. The highest BCUT2D eigenvalue weighted by molar-refractivity contribution is 5.88. The Morgan fingerprint density at radius 3 is 2.63 bits per heavy atom. The summed E-state index contributed by atoms with van der Waals surface area (Å²) in [5, 5.41) is 11.7. The van der Waals surface area contributed by atoms with Crippen LogP contribution in [0.25, 0.3) is 0 Å². The van der Waals surface area contributed by atoms with Crippen molar-refractivity contribution in [1.82, 2.24) is 5.32 Å². The van der Waals surface area contributed by atoms with Crippen molar-refractivity contribution in [3.8, 4) is 0 Å². The highest BCUT2D eigenvalue weighted by atomic mass is 16.5. The van der Waals surface area contributed by atoms with Gasteiger partial charge in [0.05, 0.1) is 24.1 Å². The third kappa shape index (κ3) is 4.71. The third-order valence-corrected chi connectivity index (χ3v) is 3.00. The summed E-state index contributed by atoms with van der Waals surface area (Å²) >= 11 is 0. The molecular formula is C14H19NO4. The molecule has 0 aromatic heterocycles. The van der Waals surface area contributed by atoms with E-state index in [1.54, 1.807) is 19.2 Å². The largest absolute Gasteiger partial charge is 0.478 e. The molecule has 5 nitrogen and oxygen atoms in total. The van der Waals surface area contributed by atoms with E-state index < -0.39 is 5.97 Å². The number of ether oxygens (including phenoxy) is 1. The van der Waals surface area contributed by atoms with Gasteiger partial charge in [0.15, 0.2) is 0 Å². The fourth-order valence-corrected chi connectivity index (χ4v) is 1.63. The van der Waals surface area contributed by atoms with E-state index in [0.29, 0.717) is 5.56 Å². The van der Waals surface area contributed by atoms with Crippen molar-refractivity contribution in [2.75, 3.05) is 7.11 Å². The fraction of sp³-hybridized carbons (Fsp3) is 0.429. The molecule has 0 saturated heterocycles. The standard InChI is InChI=1S/C14H19NO4/c1-9(10(2)19-3)15-13(16)8-11-5-4-6-12(7-11)14(17)18/h4-7,9-10H,8H2,1-3H3,(H,15,16)(H,17,18)/t9-,10?/m0/s1. The second-order valence-electron chi connectivity index (χ2n) is 4.48. The molecule has 2 atom stereocenters. The van der Waals surface area contributed by atoms with Gasteiger partial charge in [0.25, 0.3) is 0 Å². The van der Waals surface area contributed by atoms with E-state index >= 15 is 0 Å². The Morgan fingerprint density at radius 1 is 1.37 bits per heavy atom. The van der Waals surface area contributed by atoms with E-state index in [4.69, 9.17) is 9.84 Å². The first kappa shape index (κ1) is 15.2. The van der Waals surface area contributed by atoms with Crippen LogP contribution in [0.4, 0.5) is 0 Å². The molecule has 0 aliphatic rings. The van der Waals surface area contributed by atoms with Crippen molar-refractivity contribution < 1.29 is 19.4 Å². The topological polar surface area (TPSA) is 75.6 Å². The maximum Gasteiger partial charge on any atom is 0.335 e. The summed E-state index contributed by atoms with van der Waals surface area (Å²) in [6.07, 6.45) is 0.0799. The van der Waals surface area contributed by atoms with Gasteiger partial charge in [0, 0.05) is 7.11 Å². The van der Waals surface area contributed by atoms with Gasteiger partial charge in [0.2, 0.25) is 5.91 Å². The van der Waals surface area contributed by atoms with E-state index in [1.165, 1.54) is 12.1 Å². The summed E-state index contributed by atoms with van der Waals surface area (Å²) in [5.74, 6) is -1.15. The Bertz CT molecular complexity index is 459. The number of hydrogen-bond donors (Lipinski definition) is 2. The first-order valence-corrected chi connectivity index (χ1v) is 6.08. The van der Waals surface area contributed by atoms with Crippen molar-refractivity contribution in [1.29, 1.82) is 0 Å². The summed E-state index contributed by atoms with van der Waals surface area (Å²) in [6.45, 7) is 3.73. The Kier molecular flexibility index (Phi) is 5.51. The average molecular weight is 265 g/mol. The number of methoxy groups -OCH3 is 1. The van der Waals surface area contributed by atoms with Gasteiger partial charge in [-0.05, 0) is 31.5 Å². The van der Waals surface area contributed by atoms with Crippen LogP contribution in [0.5, 0.6) is 0 Å². The van der Waals surface area contributed by atoms with Gasteiger partial charge in [-0.25, -0.2) is 4.79 Å². The summed E-state index contributed by atoms with van der Waals surface area (Å²) in [4.78, 5) is 22.6. The van der Waals surface area contributed by atoms with Crippen LogP contribution in [0.1, 0.15) is 29.8 Å². The summed E-state index contributed by atoms with van der Waals surface area (Å²) in [5.41, 5.74) is 0.860. The van der Waals surface area contributed by atoms with Gasteiger partial charge in [-0.2, -0.15) is 0 Å². The first-order chi connectivity index (χ1) is 8.93. The van der Waals surface area contributed by atoms with Crippen molar-refractivity contribution in [2.24, 2.45) is 0 Å². The van der Waals surface area contributed by atoms with Crippen LogP contribution in [-0.2, 0) is 16.0 Å². The molecule has 1 aromatic carbocycles. The smallest absolute Gasteiger partial charge is 0.335 e. The van der Waals surface area contributed by atoms with E-state index in [0.717, 1.165) is 0 Å². The second kappa shape index (κ2) is 6.89. The summed E-state index contributed by atoms with van der Waals surface area (Å²) in [6, 6.07) is 6.27. The molecule has 2 N–H and O–H groups in total. The number of carboxylic acids is 1. The summed E-state index contributed by atoms with van der Waals surface area (Å²) < 4.78 is 5.12. The Hall–Kier alpha value is -1.88. The number of carboxylic acid groups (broad SMARTS) is 1. The molecule has 0 spiro atoms. The number of nitrogens with one attached hydrogen (secondary N) is 1. The van der Waals surface area contributed by atoms with Crippen LogP contribution < -0.4 is 5.32 Å². The molecule has 1 unspecified atom stereocenters. The van der Waals surface area contributed by atoms with Crippen LogP contribution in [0.2, 0.25) is 0 Å². The van der Waals surface area contributed by atoms with E-state index in [1.807, 2.05) is 13.8 Å². The molecule has 0 aliphatic carbocycles. The molecule has 0 saturated carbocycles. The number of carbonyl (C=O) groups is 2. The highest BCUT2D eigenvalue weighted by Crippen LogP contribution is 2.06. The van der Waals surface area contributed by atoms with E-state index in [2.05, 4.69) is 5.32 Å². The maximum absolute atomic E-state index is 11.8. The first-order valence-electron chi connectivity index (χ1n) is 6.08.